The molecule has 1 aliphatic heterocycles. The Bertz CT molecular complexity index is 1060. The Labute approximate surface area is 204 Å². The molecular formula is C26H31N3O6. The zero-order valence-corrected chi connectivity index (χ0v) is 20.0. The first-order valence-electron chi connectivity index (χ1n) is 11.8. The number of nitrogens with zero attached hydrogens (tertiary/aromatic N) is 1. The lowest BCUT2D eigenvalue weighted by Gasteiger charge is -2.26. The molecule has 2 fully saturated rings. The number of amides is 3. The SMILES string of the molecule is COc1cc(C(=O)NC(C)c2ccc(NC(=O)C3CC3)cc2)ccc1OCC(=O)N1CCOCC1. The van der Waals surface area contributed by atoms with E-state index in [1.165, 1.54) is 7.11 Å². The quantitative estimate of drug-likeness (QED) is 0.571. The van der Waals surface area contributed by atoms with Crippen molar-refractivity contribution in [2.75, 3.05) is 45.3 Å². The van der Waals surface area contributed by atoms with E-state index in [4.69, 9.17) is 14.2 Å². The second-order valence-corrected chi connectivity index (χ2v) is 8.73. The molecule has 1 saturated heterocycles. The highest BCUT2D eigenvalue weighted by Gasteiger charge is 2.29. The van der Waals surface area contributed by atoms with Crippen LogP contribution in [-0.4, -0.2) is 62.6 Å². The Morgan fingerprint density at radius 1 is 1.06 bits per heavy atom. The van der Waals surface area contributed by atoms with E-state index in [1.54, 1.807) is 23.1 Å². The van der Waals surface area contributed by atoms with Gasteiger partial charge in [0.1, 0.15) is 0 Å². The van der Waals surface area contributed by atoms with Crippen LogP contribution >= 0.6 is 0 Å². The van der Waals surface area contributed by atoms with Gasteiger partial charge in [0.15, 0.2) is 18.1 Å². The zero-order valence-electron chi connectivity index (χ0n) is 20.0. The van der Waals surface area contributed by atoms with E-state index in [0.717, 1.165) is 24.1 Å². The number of morpholine rings is 1. The molecule has 1 saturated carbocycles. The third-order valence-corrected chi connectivity index (χ3v) is 6.11. The minimum absolute atomic E-state index is 0.0611. The molecule has 0 bridgehead atoms. The first-order chi connectivity index (χ1) is 16.9. The fraction of sp³-hybridized carbons (Fsp3) is 0.423. The minimum Gasteiger partial charge on any atom is -0.493 e. The van der Waals surface area contributed by atoms with Crippen molar-refractivity contribution < 1.29 is 28.6 Å². The maximum absolute atomic E-state index is 12.8. The number of hydrogen-bond donors (Lipinski definition) is 2. The van der Waals surface area contributed by atoms with Crippen molar-refractivity contribution in [2.45, 2.75) is 25.8 Å². The van der Waals surface area contributed by atoms with E-state index in [2.05, 4.69) is 10.6 Å². The summed E-state index contributed by atoms with van der Waals surface area (Å²) in [7, 11) is 1.49. The monoisotopic (exact) mass is 481 g/mol. The van der Waals surface area contributed by atoms with Crippen molar-refractivity contribution in [2.24, 2.45) is 5.92 Å². The highest BCUT2D eigenvalue weighted by Crippen LogP contribution is 2.31. The van der Waals surface area contributed by atoms with E-state index in [0.29, 0.717) is 43.4 Å². The second kappa shape index (κ2) is 11.2. The summed E-state index contributed by atoms with van der Waals surface area (Å²) in [5.41, 5.74) is 2.07. The molecule has 2 aliphatic rings. The lowest BCUT2D eigenvalue weighted by Crippen LogP contribution is -2.43. The lowest BCUT2D eigenvalue weighted by atomic mass is 10.1. The van der Waals surface area contributed by atoms with Gasteiger partial charge in [-0.15, -0.1) is 0 Å². The van der Waals surface area contributed by atoms with Crippen LogP contribution in [0.25, 0.3) is 0 Å². The van der Waals surface area contributed by atoms with Crippen LogP contribution in [0.1, 0.15) is 41.7 Å². The summed E-state index contributed by atoms with van der Waals surface area (Å²) in [6, 6.07) is 12.1. The van der Waals surface area contributed by atoms with Crippen LogP contribution in [0.2, 0.25) is 0 Å². The molecule has 9 nitrogen and oxygen atoms in total. The fourth-order valence-corrected chi connectivity index (χ4v) is 3.78. The molecule has 4 rings (SSSR count). The van der Waals surface area contributed by atoms with Crippen molar-refractivity contribution >= 4 is 23.4 Å². The Morgan fingerprint density at radius 2 is 1.77 bits per heavy atom. The molecule has 1 aliphatic carbocycles. The van der Waals surface area contributed by atoms with Crippen LogP contribution < -0.4 is 20.1 Å². The van der Waals surface area contributed by atoms with Gasteiger partial charge in [-0.3, -0.25) is 14.4 Å². The molecule has 1 unspecified atom stereocenters. The van der Waals surface area contributed by atoms with Crippen molar-refractivity contribution in [1.29, 1.82) is 0 Å². The minimum atomic E-state index is -0.266. The first-order valence-corrected chi connectivity index (χ1v) is 11.8. The van der Waals surface area contributed by atoms with Gasteiger partial charge in [0, 0.05) is 30.3 Å². The van der Waals surface area contributed by atoms with Gasteiger partial charge in [-0.1, -0.05) is 12.1 Å². The molecule has 186 valence electrons. The highest BCUT2D eigenvalue weighted by atomic mass is 16.5. The molecule has 35 heavy (non-hydrogen) atoms. The van der Waals surface area contributed by atoms with Gasteiger partial charge in [-0.2, -0.15) is 0 Å². The Morgan fingerprint density at radius 3 is 2.43 bits per heavy atom. The number of carbonyl (C=O) groups is 3. The summed E-state index contributed by atoms with van der Waals surface area (Å²) in [6.45, 7) is 3.93. The second-order valence-electron chi connectivity index (χ2n) is 8.73. The molecule has 3 amide bonds. The van der Waals surface area contributed by atoms with Crippen LogP contribution in [0, 0.1) is 5.92 Å². The van der Waals surface area contributed by atoms with Crippen LogP contribution in [0.4, 0.5) is 5.69 Å². The number of methoxy groups -OCH3 is 1. The lowest BCUT2D eigenvalue weighted by molar-refractivity contribution is -0.137. The molecular weight excluding hydrogens is 450 g/mol. The van der Waals surface area contributed by atoms with Gasteiger partial charge in [0.05, 0.1) is 26.4 Å². The van der Waals surface area contributed by atoms with Crippen molar-refractivity contribution in [3.8, 4) is 11.5 Å². The fourth-order valence-electron chi connectivity index (χ4n) is 3.78. The number of carbonyl (C=O) groups excluding carboxylic acids is 3. The number of ether oxygens (including phenoxy) is 3. The molecule has 1 atom stereocenters. The third-order valence-electron chi connectivity index (χ3n) is 6.11. The topological polar surface area (TPSA) is 106 Å². The Balaban J connectivity index is 1.32. The molecule has 0 radical (unpaired) electrons. The molecule has 2 N–H and O–H groups in total. The number of rotatable bonds is 9. The van der Waals surface area contributed by atoms with Crippen LogP contribution in [0.3, 0.4) is 0 Å². The van der Waals surface area contributed by atoms with Crippen molar-refractivity contribution in [1.82, 2.24) is 10.2 Å². The third kappa shape index (κ3) is 6.51. The average molecular weight is 482 g/mol. The number of nitrogens with one attached hydrogen (secondary N) is 2. The average Bonchev–Trinajstić information content (AvgIpc) is 3.74. The molecule has 2 aromatic rings. The first kappa shape index (κ1) is 24.5. The van der Waals surface area contributed by atoms with E-state index >= 15 is 0 Å². The van der Waals surface area contributed by atoms with Crippen LogP contribution in [-0.2, 0) is 14.3 Å². The Hall–Kier alpha value is -3.59. The maximum atomic E-state index is 12.8. The van der Waals surface area contributed by atoms with Crippen molar-refractivity contribution in [3.63, 3.8) is 0 Å². The summed E-state index contributed by atoms with van der Waals surface area (Å²) in [5, 5.41) is 5.88. The summed E-state index contributed by atoms with van der Waals surface area (Å²) >= 11 is 0. The van der Waals surface area contributed by atoms with E-state index in [1.807, 2.05) is 31.2 Å². The van der Waals surface area contributed by atoms with Gasteiger partial charge in [0.25, 0.3) is 11.8 Å². The summed E-state index contributed by atoms with van der Waals surface area (Å²) in [4.78, 5) is 38.8. The summed E-state index contributed by atoms with van der Waals surface area (Å²) in [6.07, 6.45) is 1.91. The Kier molecular flexibility index (Phi) is 7.87. The maximum Gasteiger partial charge on any atom is 0.260 e. The summed E-state index contributed by atoms with van der Waals surface area (Å²) in [5.74, 6) is 0.582. The van der Waals surface area contributed by atoms with E-state index < -0.39 is 0 Å². The standard InChI is InChI=1S/C26H31N3O6/c1-17(18-5-8-21(9-6-18)28-25(31)19-3-4-19)27-26(32)20-7-10-22(23(15-20)33-2)35-16-24(30)29-11-13-34-14-12-29/h5-10,15,17,19H,3-4,11-14,16H2,1-2H3,(H,27,32)(H,28,31). The van der Waals surface area contributed by atoms with E-state index in [9.17, 15) is 14.4 Å². The normalized spacial score (nSPS) is 16.2. The van der Waals surface area contributed by atoms with Gasteiger partial charge in [-0.05, 0) is 55.7 Å². The van der Waals surface area contributed by atoms with E-state index in [-0.39, 0.29) is 36.3 Å². The molecule has 0 aromatic heterocycles. The molecule has 1 heterocycles. The largest absolute Gasteiger partial charge is 0.493 e. The van der Waals surface area contributed by atoms with Gasteiger partial charge >= 0.3 is 0 Å². The molecule has 9 heteroatoms. The van der Waals surface area contributed by atoms with Crippen LogP contribution in [0.5, 0.6) is 11.5 Å². The predicted molar refractivity (Wildman–Crippen MR) is 130 cm³/mol. The zero-order chi connectivity index (χ0) is 24.8. The number of anilines is 1. The summed E-state index contributed by atoms with van der Waals surface area (Å²) < 4.78 is 16.3. The van der Waals surface area contributed by atoms with Gasteiger partial charge < -0.3 is 29.7 Å². The molecule has 2 aromatic carbocycles. The number of hydrogen-bond acceptors (Lipinski definition) is 6. The smallest absolute Gasteiger partial charge is 0.260 e. The van der Waals surface area contributed by atoms with Crippen molar-refractivity contribution in [3.05, 3.63) is 53.6 Å². The van der Waals surface area contributed by atoms with Crippen LogP contribution in [0.15, 0.2) is 42.5 Å². The van der Waals surface area contributed by atoms with Gasteiger partial charge in [-0.25, -0.2) is 0 Å². The van der Waals surface area contributed by atoms with Gasteiger partial charge in [0.2, 0.25) is 5.91 Å². The highest BCUT2D eigenvalue weighted by molar-refractivity contribution is 5.95. The number of benzene rings is 2. The molecule has 0 spiro atoms. The predicted octanol–water partition coefficient (Wildman–Crippen LogP) is 2.77.